The lowest BCUT2D eigenvalue weighted by Crippen LogP contribution is -2.67. The maximum atomic E-state index is 13.1. The summed E-state index contributed by atoms with van der Waals surface area (Å²) in [6.45, 7) is 0. The van der Waals surface area contributed by atoms with E-state index in [1.165, 1.54) is 28.4 Å². The Bertz CT molecular complexity index is 693. The van der Waals surface area contributed by atoms with Gasteiger partial charge in [-0.1, -0.05) is 6.08 Å². The predicted octanol–water partition coefficient (Wildman–Crippen LogP) is 0.0963. The van der Waals surface area contributed by atoms with E-state index in [9.17, 15) is 14.4 Å². The third kappa shape index (κ3) is 1.92. The fraction of sp³-hybridized carbons (Fsp3) is 0.722. The number of hydrogen-bond donors (Lipinski definition) is 0. The van der Waals surface area contributed by atoms with Gasteiger partial charge in [0.05, 0.1) is 38.3 Å². The molecule has 2 saturated heterocycles. The molecule has 8 nitrogen and oxygen atoms in total. The minimum absolute atomic E-state index is 0.106. The van der Waals surface area contributed by atoms with Crippen LogP contribution in [0.4, 0.5) is 0 Å². The molecule has 0 aromatic rings. The minimum atomic E-state index is -1.58. The van der Waals surface area contributed by atoms with Crippen molar-refractivity contribution in [1.82, 2.24) is 0 Å². The first-order valence-corrected chi connectivity index (χ1v) is 8.63. The highest BCUT2D eigenvalue weighted by molar-refractivity contribution is 6.00. The van der Waals surface area contributed by atoms with Crippen molar-refractivity contribution in [2.75, 3.05) is 28.4 Å². The Balaban J connectivity index is 1.83. The average molecular weight is 366 g/mol. The molecule has 0 aromatic heterocycles. The first-order valence-electron chi connectivity index (χ1n) is 8.63. The zero-order chi connectivity index (χ0) is 18.8. The van der Waals surface area contributed by atoms with Crippen LogP contribution in [0.25, 0.3) is 0 Å². The highest BCUT2D eigenvalue weighted by atomic mass is 16.7. The second-order valence-corrected chi connectivity index (χ2v) is 7.22. The Morgan fingerprint density at radius 2 is 1.81 bits per heavy atom. The largest absolute Gasteiger partial charge is 0.469 e. The number of hydrogen-bond acceptors (Lipinski definition) is 8. The molecule has 0 N–H and O–H groups in total. The second kappa shape index (κ2) is 5.87. The molecule has 4 bridgehead atoms. The van der Waals surface area contributed by atoms with E-state index in [0.717, 1.165) is 0 Å². The Hall–Kier alpha value is -1.77. The zero-order valence-electron chi connectivity index (χ0n) is 15.1. The van der Waals surface area contributed by atoms with Crippen LogP contribution in [0.5, 0.6) is 0 Å². The van der Waals surface area contributed by atoms with E-state index >= 15 is 0 Å². The van der Waals surface area contributed by atoms with Crippen molar-refractivity contribution in [3.05, 3.63) is 11.6 Å². The van der Waals surface area contributed by atoms with Gasteiger partial charge >= 0.3 is 11.9 Å². The van der Waals surface area contributed by atoms with Gasteiger partial charge in [0.1, 0.15) is 0 Å². The van der Waals surface area contributed by atoms with E-state index in [4.69, 9.17) is 23.7 Å². The van der Waals surface area contributed by atoms with Crippen molar-refractivity contribution < 1.29 is 38.1 Å². The maximum Gasteiger partial charge on any atom is 0.333 e. The number of Topliss-reactive ketones (excluding diaryl/α,β-unsaturated/α-hetero) is 1. The van der Waals surface area contributed by atoms with Crippen molar-refractivity contribution in [3.63, 3.8) is 0 Å². The molecular formula is C18H22O8. The van der Waals surface area contributed by atoms with E-state index in [0.29, 0.717) is 12.0 Å². The number of methoxy groups -OCH3 is 4. The molecule has 3 fully saturated rings. The van der Waals surface area contributed by atoms with Gasteiger partial charge < -0.3 is 23.7 Å². The molecule has 0 spiro atoms. The van der Waals surface area contributed by atoms with Crippen LogP contribution in [0, 0.1) is 29.6 Å². The van der Waals surface area contributed by atoms with Gasteiger partial charge in [-0.05, 0) is 6.42 Å². The van der Waals surface area contributed by atoms with Gasteiger partial charge in [0.2, 0.25) is 5.79 Å². The number of carbonyl (C=O) groups is 3. The molecule has 0 amide bonds. The fourth-order valence-corrected chi connectivity index (χ4v) is 5.64. The van der Waals surface area contributed by atoms with Crippen molar-refractivity contribution in [3.8, 4) is 0 Å². The standard InChI is InChI=1S/C18H22O8/c1-22-16(20)8-5-7-11-10-6-9(17(21)23-2)14(26-10)12(11)13(8)18(24-3,25-4)15(7)19/h5,7,9-14H,6H2,1-4H3/t7-,9+,10-,11-,12+,13+,14-/m0/s1. The van der Waals surface area contributed by atoms with Crippen LogP contribution in [-0.2, 0) is 38.1 Å². The Morgan fingerprint density at radius 3 is 2.38 bits per heavy atom. The number of esters is 2. The number of rotatable bonds is 4. The molecule has 0 aromatic carbocycles. The maximum absolute atomic E-state index is 13.1. The number of allylic oxidation sites excluding steroid dienone is 1. The molecule has 0 unspecified atom stereocenters. The summed E-state index contributed by atoms with van der Waals surface area (Å²) in [5, 5.41) is 0. The summed E-state index contributed by atoms with van der Waals surface area (Å²) in [5.74, 6) is -4.74. The molecule has 5 aliphatic rings. The van der Waals surface area contributed by atoms with Crippen molar-refractivity contribution in [2.24, 2.45) is 29.6 Å². The quantitative estimate of drug-likeness (QED) is 0.510. The SMILES string of the molecule is COC(=O)C1=C[C@@H]2C(=O)C(OC)(OC)[C@H]1[C@@H]1[C@H]3O[C@@H](C[C@H]3C(=O)OC)[C@@H]12. The van der Waals surface area contributed by atoms with Crippen LogP contribution in [0.1, 0.15) is 6.42 Å². The van der Waals surface area contributed by atoms with Gasteiger partial charge in [-0.15, -0.1) is 0 Å². The van der Waals surface area contributed by atoms with E-state index in [1.54, 1.807) is 6.08 Å². The number of ketones is 1. The predicted molar refractivity (Wildman–Crippen MR) is 84.6 cm³/mol. The molecule has 7 atom stereocenters. The van der Waals surface area contributed by atoms with E-state index in [1.807, 2.05) is 0 Å². The van der Waals surface area contributed by atoms with Crippen molar-refractivity contribution >= 4 is 17.7 Å². The molecule has 0 radical (unpaired) electrons. The molecule has 8 heteroatoms. The van der Waals surface area contributed by atoms with Crippen LogP contribution in [0.3, 0.4) is 0 Å². The summed E-state index contributed by atoms with van der Waals surface area (Å²) in [4.78, 5) is 37.7. The van der Waals surface area contributed by atoms with E-state index < -0.39 is 35.6 Å². The van der Waals surface area contributed by atoms with Crippen LogP contribution in [0.2, 0.25) is 0 Å². The Kier molecular flexibility index (Phi) is 3.98. The fourth-order valence-electron chi connectivity index (χ4n) is 5.64. The summed E-state index contributed by atoms with van der Waals surface area (Å²) in [6, 6.07) is 0. The van der Waals surface area contributed by atoms with Gasteiger partial charge in [-0.2, -0.15) is 0 Å². The van der Waals surface area contributed by atoms with Crippen LogP contribution < -0.4 is 0 Å². The van der Waals surface area contributed by atoms with Crippen LogP contribution in [-0.4, -0.2) is 64.2 Å². The first kappa shape index (κ1) is 17.6. The van der Waals surface area contributed by atoms with Gasteiger partial charge in [-0.25, -0.2) is 4.79 Å². The normalized spacial score (nSPS) is 41.6. The van der Waals surface area contributed by atoms with Gasteiger partial charge in [-0.3, -0.25) is 9.59 Å². The summed E-state index contributed by atoms with van der Waals surface area (Å²) >= 11 is 0. The molecule has 142 valence electrons. The van der Waals surface area contributed by atoms with Gasteiger partial charge in [0.25, 0.3) is 0 Å². The summed E-state index contributed by atoms with van der Waals surface area (Å²) in [6.07, 6.45) is 1.51. The molecule has 2 heterocycles. The number of ether oxygens (including phenoxy) is 5. The average Bonchev–Trinajstić information content (AvgIpc) is 3.27. The lowest BCUT2D eigenvalue weighted by molar-refractivity contribution is -0.254. The van der Waals surface area contributed by atoms with Gasteiger partial charge in [0.15, 0.2) is 5.78 Å². The molecule has 1 saturated carbocycles. The second-order valence-electron chi connectivity index (χ2n) is 7.22. The van der Waals surface area contributed by atoms with Crippen LogP contribution >= 0.6 is 0 Å². The molecule has 26 heavy (non-hydrogen) atoms. The highest BCUT2D eigenvalue weighted by Crippen LogP contribution is 2.63. The molecule has 2 aliphatic heterocycles. The Labute approximate surface area is 150 Å². The summed E-state index contributed by atoms with van der Waals surface area (Å²) < 4.78 is 27.0. The number of carbonyl (C=O) groups excluding carboxylic acids is 3. The molecule has 5 rings (SSSR count). The lowest BCUT2D eigenvalue weighted by atomic mass is 9.51. The molecular weight excluding hydrogens is 344 g/mol. The number of fused-ring (bicyclic) bond motifs is 3. The van der Waals surface area contributed by atoms with E-state index in [-0.39, 0.29) is 29.7 Å². The zero-order valence-corrected chi connectivity index (χ0v) is 15.1. The third-order valence-electron chi connectivity index (χ3n) is 6.55. The van der Waals surface area contributed by atoms with Gasteiger partial charge in [0, 0.05) is 37.5 Å². The monoisotopic (exact) mass is 366 g/mol. The topological polar surface area (TPSA) is 97.4 Å². The summed E-state index contributed by atoms with van der Waals surface area (Å²) in [5.41, 5.74) is 0.349. The van der Waals surface area contributed by atoms with Crippen molar-refractivity contribution in [2.45, 2.75) is 24.4 Å². The van der Waals surface area contributed by atoms with E-state index in [2.05, 4.69) is 0 Å². The highest BCUT2D eigenvalue weighted by Gasteiger charge is 2.73. The smallest absolute Gasteiger partial charge is 0.333 e. The first-order chi connectivity index (χ1) is 12.4. The Morgan fingerprint density at radius 1 is 1.12 bits per heavy atom. The summed E-state index contributed by atoms with van der Waals surface area (Å²) in [7, 11) is 5.41. The molecule has 3 aliphatic carbocycles. The third-order valence-corrected chi connectivity index (χ3v) is 6.55. The van der Waals surface area contributed by atoms with Crippen LogP contribution in [0.15, 0.2) is 11.6 Å². The minimum Gasteiger partial charge on any atom is -0.469 e. The van der Waals surface area contributed by atoms with Crippen molar-refractivity contribution in [1.29, 1.82) is 0 Å². The lowest BCUT2D eigenvalue weighted by Gasteiger charge is -2.54.